The minimum absolute atomic E-state index is 0.790. The Balaban J connectivity index is 1.77. The number of nitrogens with zero attached hydrogens (tertiary/aromatic N) is 1. The summed E-state index contributed by atoms with van der Waals surface area (Å²) in [6, 6.07) is 0.790. The van der Waals surface area contributed by atoms with Crippen molar-refractivity contribution in [1.82, 2.24) is 10.4 Å². The summed E-state index contributed by atoms with van der Waals surface area (Å²) >= 11 is 0. The topological polar surface area (TPSA) is 15.3 Å². The van der Waals surface area contributed by atoms with Crippen molar-refractivity contribution in [3.05, 3.63) is 0 Å². The number of rotatable bonds is 3. The standard InChI is InChI=1S/C12H24N2/c1-2-11-7-6-8-12(11)13-14-9-4-3-5-10-14/h11-13H,2-10H2,1H3. The summed E-state index contributed by atoms with van der Waals surface area (Å²) in [5.74, 6) is 0.942. The Morgan fingerprint density at radius 2 is 1.86 bits per heavy atom. The van der Waals surface area contributed by atoms with E-state index in [2.05, 4.69) is 17.4 Å². The molecule has 2 nitrogen and oxygen atoms in total. The Labute approximate surface area is 88.0 Å². The SMILES string of the molecule is CCC1CCCC1NN1CCCCC1. The molecule has 0 bridgehead atoms. The fourth-order valence-electron chi connectivity index (χ4n) is 2.95. The van der Waals surface area contributed by atoms with Crippen molar-refractivity contribution in [3.8, 4) is 0 Å². The molecule has 2 aliphatic rings. The van der Waals surface area contributed by atoms with Crippen LogP contribution in [0.25, 0.3) is 0 Å². The highest BCUT2D eigenvalue weighted by atomic mass is 15.5. The normalized spacial score (nSPS) is 34.9. The maximum Gasteiger partial charge on any atom is 0.0243 e. The third-order valence-electron chi connectivity index (χ3n) is 3.89. The van der Waals surface area contributed by atoms with Gasteiger partial charge in [-0.05, 0) is 31.6 Å². The lowest BCUT2D eigenvalue weighted by Gasteiger charge is -2.32. The number of hydrazine groups is 1. The van der Waals surface area contributed by atoms with Crippen LogP contribution in [0.5, 0.6) is 0 Å². The van der Waals surface area contributed by atoms with Gasteiger partial charge in [0.1, 0.15) is 0 Å². The zero-order chi connectivity index (χ0) is 9.80. The van der Waals surface area contributed by atoms with Crippen LogP contribution in [0, 0.1) is 5.92 Å². The molecule has 0 radical (unpaired) electrons. The van der Waals surface area contributed by atoms with Gasteiger partial charge in [0.2, 0.25) is 0 Å². The molecule has 2 rings (SSSR count). The molecule has 0 aromatic carbocycles. The maximum atomic E-state index is 3.75. The van der Waals surface area contributed by atoms with Crippen LogP contribution in [0.2, 0.25) is 0 Å². The molecule has 1 saturated carbocycles. The van der Waals surface area contributed by atoms with Crippen LogP contribution in [-0.4, -0.2) is 24.1 Å². The van der Waals surface area contributed by atoms with E-state index < -0.39 is 0 Å². The molecule has 0 aromatic rings. The van der Waals surface area contributed by atoms with E-state index in [0.717, 1.165) is 12.0 Å². The molecule has 1 saturated heterocycles. The summed E-state index contributed by atoms with van der Waals surface area (Å²) in [5, 5.41) is 2.47. The summed E-state index contributed by atoms with van der Waals surface area (Å²) in [6.45, 7) is 4.88. The Morgan fingerprint density at radius 3 is 2.57 bits per heavy atom. The van der Waals surface area contributed by atoms with Gasteiger partial charge in [-0.1, -0.05) is 26.2 Å². The smallest absolute Gasteiger partial charge is 0.0243 e. The third-order valence-corrected chi connectivity index (χ3v) is 3.89. The van der Waals surface area contributed by atoms with Crippen molar-refractivity contribution >= 4 is 0 Å². The van der Waals surface area contributed by atoms with Gasteiger partial charge < -0.3 is 0 Å². The molecule has 1 N–H and O–H groups in total. The van der Waals surface area contributed by atoms with Crippen molar-refractivity contribution < 1.29 is 0 Å². The van der Waals surface area contributed by atoms with E-state index in [4.69, 9.17) is 0 Å². The van der Waals surface area contributed by atoms with E-state index in [9.17, 15) is 0 Å². The van der Waals surface area contributed by atoms with Crippen LogP contribution in [-0.2, 0) is 0 Å². The summed E-state index contributed by atoms with van der Waals surface area (Å²) in [7, 11) is 0. The largest absolute Gasteiger partial charge is 0.252 e. The van der Waals surface area contributed by atoms with Crippen molar-refractivity contribution in [1.29, 1.82) is 0 Å². The first kappa shape index (κ1) is 10.4. The van der Waals surface area contributed by atoms with Gasteiger partial charge in [-0.2, -0.15) is 0 Å². The second-order valence-corrected chi connectivity index (χ2v) is 4.88. The maximum absolute atomic E-state index is 3.75. The molecule has 0 amide bonds. The molecule has 2 unspecified atom stereocenters. The lowest BCUT2D eigenvalue weighted by Crippen LogP contribution is -2.48. The fourth-order valence-corrected chi connectivity index (χ4v) is 2.95. The van der Waals surface area contributed by atoms with Gasteiger partial charge in [-0.15, -0.1) is 0 Å². The van der Waals surface area contributed by atoms with Gasteiger partial charge in [0.05, 0.1) is 0 Å². The van der Waals surface area contributed by atoms with E-state index >= 15 is 0 Å². The van der Waals surface area contributed by atoms with Gasteiger partial charge in [0, 0.05) is 19.1 Å². The number of hydrogen-bond acceptors (Lipinski definition) is 2. The predicted molar refractivity (Wildman–Crippen MR) is 60.0 cm³/mol. The third kappa shape index (κ3) is 2.48. The van der Waals surface area contributed by atoms with Crippen molar-refractivity contribution in [2.75, 3.05) is 13.1 Å². The number of hydrogen-bond donors (Lipinski definition) is 1. The minimum atomic E-state index is 0.790. The van der Waals surface area contributed by atoms with E-state index in [1.165, 1.54) is 58.0 Å². The second-order valence-electron chi connectivity index (χ2n) is 4.88. The quantitative estimate of drug-likeness (QED) is 0.746. The Morgan fingerprint density at radius 1 is 1.07 bits per heavy atom. The first-order valence-corrected chi connectivity index (χ1v) is 6.41. The predicted octanol–water partition coefficient (Wildman–Crippen LogP) is 2.56. The first-order valence-electron chi connectivity index (χ1n) is 6.41. The highest BCUT2D eigenvalue weighted by Crippen LogP contribution is 2.28. The monoisotopic (exact) mass is 196 g/mol. The van der Waals surface area contributed by atoms with E-state index in [1.807, 2.05) is 0 Å². The van der Waals surface area contributed by atoms with E-state index in [-0.39, 0.29) is 0 Å². The van der Waals surface area contributed by atoms with Gasteiger partial charge in [-0.25, -0.2) is 5.01 Å². The molecule has 14 heavy (non-hydrogen) atoms. The van der Waals surface area contributed by atoms with Crippen molar-refractivity contribution in [2.24, 2.45) is 5.92 Å². The molecular weight excluding hydrogens is 172 g/mol. The second kappa shape index (κ2) is 5.13. The average Bonchev–Trinajstić information content (AvgIpc) is 2.67. The van der Waals surface area contributed by atoms with Crippen LogP contribution in [0.3, 0.4) is 0 Å². The highest BCUT2D eigenvalue weighted by Gasteiger charge is 2.27. The molecule has 2 fully saturated rings. The molecule has 0 spiro atoms. The van der Waals surface area contributed by atoms with Gasteiger partial charge in [0.25, 0.3) is 0 Å². The van der Waals surface area contributed by atoms with Crippen LogP contribution < -0.4 is 5.43 Å². The first-order chi connectivity index (χ1) is 6.90. The summed E-state index contributed by atoms with van der Waals surface area (Å²) in [4.78, 5) is 0. The molecular formula is C12H24N2. The van der Waals surface area contributed by atoms with Gasteiger partial charge in [-0.3, -0.25) is 5.43 Å². The van der Waals surface area contributed by atoms with E-state index in [1.54, 1.807) is 0 Å². The lowest BCUT2D eigenvalue weighted by atomic mass is 10.0. The fraction of sp³-hybridized carbons (Fsp3) is 1.00. The molecule has 1 heterocycles. The zero-order valence-corrected chi connectivity index (χ0v) is 9.47. The van der Waals surface area contributed by atoms with Gasteiger partial charge in [0.15, 0.2) is 0 Å². The lowest BCUT2D eigenvalue weighted by molar-refractivity contribution is 0.114. The molecule has 2 atom stereocenters. The average molecular weight is 196 g/mol. The van der Waals surface area contributed by atoms with Crippen molar-refractivity contribution in [2.45, 2.75) is 57.9 Å². The van der Waals surface area contributed by atoms with Crippen LogP contribution >= 0.6 is 0 Å². The van der Waals surface area contributed by atoms with Crippen LogP contribution in [0.4, 0.5) is 0 Å². The summed E-state index contributed by atoms with van der Waals surface area (Å²) in [6.07, 6.45) is 9.83. The summed E-state index contributed by atoms with van der Waals surface area (Å²) < 4.78 is 0. The molecule has 82 valence electrons. The zero-order valence-electron chi connectivity index (χ0n) is 9.47. The Bertz CT molecular complexity index is 164. The Kier molecular flexibility index (Phi) is 3.82. The minimum Gasteiger partial charge on any atom is -0.252 e. The molecule has 1 aliphatic carbocycles. The molecule has 0 aromatic heterocycles. The van der Waals surface area contributed by atoms with Gasteiger partial charge >= 0.3 is 0 Å². The Hall–Kier alpha value is -0.0800. The molecule has 1 aliphatic heterocycles. The van der Waals surface area contributed by atoms with E-state index in [0.29, 0.717) is 0 Å². The highest BCUT2D eigenvalue weighted by molar-refractivity contribution is 4.81. The van der Waals surface area contributed by atoms with Crippen LogP contribution in [0.1, 0.15) is 51.9 Å². The summed E-state index contributed by atoms with van der Waals surface area (Å²) in [5.41, 5.74) is 3.75. The molecule has 2 heteroatoms. The number of nitrogens with one attached hydrogen (secondary N) is 1. The number of piperidine rings is 1. The van der Waals surface area contributed by atoms with Crippen LogP contribution in [0.15, 0.2) is 0 Å². The van der Waals surface area contributed by atoms with Crippen molar-refractivity contribution in [3.63, 3.8) is 0 Å².